The number of aromatic nitrogens is 1. The van der Waals surface area contributed by atoms with Gasteiger partial charge in [-0.3, -0.25) is 14.4 Å². The molecule has 1 aromatic heterocycles. The SMILES string of the molecule is O=C(O)CC[C@H](NC(=O)c1nc(-c2ccccc2)c(Br)s1)C(=O)N1CCN(C(=O)O)CC1. The van der Waals surface area contributed by atoms with Crippen molar-refractivity contribution in [2.75, 3.05) is 26.2 Å². The molecule has 3 amide bonds. The molecule has 1 atom stereocenters. The summed E-state index contributed by atoms with van der Waals surface area (Å²) in [5, 5.41) is 20.9. The number of rotatable bonds is 7. The maximum Gasteiger partial charge on any atom is 0.407 e. The predicted molar refractivity (Wildman–Crippen MR) is 120 cm³/mol. The van der Waals surface area contributed by atoms with Crippen LogP contribution < -0.4 is 5.32 Å². The number of aliphatic carboxylic acids is 1. The minimum absolute atomic E-state index is 0.0862. The third-order valence-electron chi connectivity index (χ3n) is 4.94. The fourth-order valence-electron chi connectivity index (χ4n) is 3.26. The molecular formula is C20H21BrN4O6S. The summed E-state index contributed by atoms with van der Waals surface area (Å²) in [6.07, 6.45) is -1.45. The van der Waals surface area contributed by atoms with E-state index in [2.05, 4.69) is 26.2 Å². The maximum atomic E-state index is 13.0. The number of carboxylic acid groups (broad SMARTS) is 2. The summed E-state index contributed by atoms with van der Waals surface area (Å²) >= 11 is 4.53. The molecule has 3 N–H and O–H groups in total. The summed E-state index contributed by atoms with van der Waals surface area (Å²) in [5.74, 6) is -2.11. The van der Waals surface area contributed by atoms with Crippen molar-refractivity contribution in [2.24, 2.45) is 0 Å². The monoisotopic (exact) mass is 524 g/mol. The first-order valence-electron chi connectivity index (χ1n) is 9.77. The molecule has 0 unspecified atom stereocenters. The van der Waals surface area contributed by atoms with Gasteiger partial charge in [0.2, 0.25) is 5.91 Å². The number of carboxylic acids is 1. The molecule has 1 aliphatic rings. The Balaban J connectivity index is 1.72. The molecule has 1 saturated heterocycles. The molecule has 0 aliphatic carbocycles. The molecular weight excluding hydrogens is 504 g/mol. The Morgan fingerprint density at radius 2 is 1.69 bits per heavy atom. The van der Waals surface area contributed by atoms with Gasteiger partial charge >= 0.3 is 12.1 Å². The van der Waals surface area contributed by atoms with E-state index in [4.69, 9.17) is 10.2 Å². The number of hydrogen-bond acceptors (Lipinski definition) is 6. The largest absolute Gasteiger partial charge is 0.481 e. The average molecular weight is 525 g/mol. The highest BCUT2D eigenvalue weighted by molar-refractivity contribution is 9.11. The average Bonchev–Trinajstić information content (AvgIpc) is 3.18. The topological polar surface area (TPSA) is 140 Å². The second-order valence-electron chi connectivity index (χ2n) is 7.06. The third-order valence-corrected chi connectivity index (χ3v) is 6.64. The van der Waals surface area contributed by atoms with Gasteiger partial charge in [-0.1, -0.05) is 30.3 Å². The number of nitrogens with zero attached hydrogens (tertiary/aromatic N) is 3. The number of thiazole rings is 1. The van der Waals surface area contributed by atoms with Gasteiger partial charge in [-0.15, -0.1) is 11.3 Å². The van der Waals surface area contributed by atoms with Gasteiger partial charge in [0, 0.05) is 38.2 Å². The first-order chi connectivity index (χ1) is 15.3. The standard InChI is InChI=1S/C20H21BrN4O6S/c21-16-15(12-4-2-1-3-5-12)23-18(32-16)17(28)22-13(6-7-14(26)27)19(29)24-8-10-25(11-9-24)20(30)31/h1-5,13H,6-11H2,(H,22,28)(H,26,27)(H,30,31)/t13-/m0/s1. The van der Waals surface area contributed by atoms with Crippen LogP contribution in [0.2, 0.25) is 0 Å². The van der Waals surface area contributed by atoms with Crippen LogP contribution in [0.25, 0.3) is 11.3 Å². The van der Waals surface area contributed by atoms with E-state index in [-0.39, 0.29) is 44.0 Å². The van der Waals surface area contributed by atoms with Crippen LogP contribution in [0.1, 0.15) is 22.6 Å². The van der Waals surface area contributed by atoms with Gasteiger partial charge in [-0.05, 0) is 22.4 Å². The Kier molecular flexibility index (Phi) is 7.80. The zero-order valence-corrected chi connectivity index (χ0v) is 19.3. The van der Waals surface area contributed by atoms with Gasteiger partial charge in [0.05, 0.1) is 9.48 Å². The molecule has 1 aliphatic heterocycles. The first-order valence-corrected chi connectivity index (χ1v) is 11.4. The van der Waals surface area contributed by atoms with E-state index in [1.807, 2.05) is 30.3 Å². The van der Waals surface area contributed by atoms with Crippen molar-refractivity contribution in [2.45, 2.75) is 18.9 Å². The number of benzene rings is 1. The van der Waals surface area contributed by atoms with E-state index in [0.717, 1.165) is 16.9 Å². The lowest BCUT2D eigenvalue weighted by atomic mass is 10.1. The van der Waals surface area contributed by atoms with Crippen molar-refractivity contribution in [1.29, 1.82) is 0 Å². The van der Waals surface area contributed by atoms with Gasteiger partial charge in [0.25, 0.3) is 5.91 Å². The molecule has 170 valence electrons. The second-order valence-corrected chi connectivity index (χ2v) is 9.38. The van der Waals surface area contributed by atoms with Gasteiger partial charge in [0.1, 0.15) is 6.04 Å². The van der Waals surface area contributed by atoms with Crippen LogP contribution in [-0.4, -0.2) is 81.1 Å². The lowest BCUT2D eigenvalue weighted by Gasteiger charge is -2.35. The van der Waals surface area contributed by atoms with Crippen molar-refractivity contribution in [3.05, 3.63) is 39.1 Å². The molecule has 3 rings (SSSR count). The smallest absolute Gasteiger partial charge is 0.407 e. The van der Waals surface area contributed by atoms with E-state index in [0.29, 0.717) is 9.48 Å². The van der Waals surface area contributed by atoms with Crippen LogP contribution in [0.5, 0.6) is 0 Å². The van der Waals surface area contributed by atoms with Gasteiger partial charge in [-0.25, -0.2) is 9.78 Å². The minimum Gasteiger partial charge on any atom is -0.481 e. The summed E-state index contributed by atoms with van der Waals surface area (Å²) in [5.41, 5.74) is 1.42. The molecule has 10 nitrogen and oxygen atoms in total. The molecule has 0 saturated carbocycles. The minimum atomic E-state index is -1.09. The van der Waals surface area contributed by atoms with Crippen molar-refractivity contribution in [3.63, 3.8) is 0 Å². The second kappa shape index (κ2) is 10.6. The van der Waals surface area contributed by atoms with E-state index in [1.165, 1.54) is 9.80 Å². The zero-order valence-electron chi connectivity index (χ0n) is 16.9. The van der Waals surface area contributed by atoms with Crippen molar-refractivity contribution in [1.82, 2.24) is 20.1 Å². The molecule has 2 heterocycles. The van der Waals surface area contributed by atoms with Gasteiger partial charge in [0.15, 0.2) is 5.01 Å². The molecule has 1 fully saturated rings. The number of nitrogens with one attached hydrogen (secondary N) is 1. The fourth-order valence-corrected chi connectivity index (χ4v) is 4.75. The lowest BCUT2D eigenvalue weighted by molar-refractivity contribution is -0.138. The molecule has 1 aromatic carbocycles. The molecule has 0 radical (unpaired) electrons. The summed E-state index contributed by atoms with van der Waals surface area (Å²) in [6.45, 7) is 0.651. The normalized spacial score (nSPS) is 14.7. The predicted octanol–water partition coefficient (Wildman–Crippen LogP) is 2.36. The molecule has 32 heavy (non-hydrogen) atoms. The number of carbonyl (C=O) groups excluding carboxylic acids is 2. The highest BCUT2D eigenvalue weighted by Crippen LogP contribution is 2.32. The molecule has 0 spiro atoms. The highest BCUT2D eigenvalue weighted by Gasteiger charge is 2.31. The quantitative estimate of drug-likeness (QED) is 0.504. The van der Waals surface area contributed by atoms with Crippen LogP contribution in [0.3, 0.4) is 0 Å². The zero-order chi connectivity index (χ0) is 23.3. The number of hydrogen-bond donors (Lipinski definition) is 3. The molecule has 0 bridgehead atoms. The van der Waals surface area contributed by atoms with Gasteiger partial charge in [-0.2, -0.15) is 0 Å². The molecule has 2 aromatic rings. The summed E-state index contributed by atoms with van der Waals surface area (Å²) in [6, 6.07) is 8.23. The number of amides is 3. The van der Waals surface area contributed by atoms with Crippen molar-refractivity contribution in [3.8, 4) is 11.3 Å². The van der Waals surface area contributed by atoms with E-state index >= 15 is 0 Å². The number of carbonyl (C=O) groups is 4. The van der Waals surface area contributed by atoms with E-state index < -0.39 is 29.9 Å². The fraction of sp³-hybridized carbons (Fsp3) is 0.350. The Morgan fingerprint density at radius 1 is 1.06 bits per heavy atom. The van der Waals surface area contributed by atoms with Crippen molar-refractivity contribution < 1.29 is 29.4 Å². The van der Waals surface area contributed by atoms with Crippen LogP contribution >= 0.6 is 27.3 Å². The maximum absolute atomic E-state index is 13.0. The number of halogens is 1. The van der Waals surface area contributed by atoms with Crippen molar-refractivity contribution >= 4 is 51.1 Å². The van der Waals surface area contributed by atoms with Crippen LogP contribution in [0.15, 0.2) is 34.1 Å². The Hall–Kier alpha value is -2.99. The Morgan fingerprint density at radius 3 is 2.28 bits per heavy atom. The number of piperazine rings is 1. The summed E-state index contributed by atoms with van der Waals surface area (Å²) in [7, 11) is 0. The third kappa shape index (κ3) is 5.82. The van der Waals surface area contributed by atoms with E-state index in [1.54, 1.807) is 0 Å². The summed E-state index contributed by atoms with van der Waals surface area (Å²) in [4.78, 5) is 55.0. The van der Waals surface area contributed by atoms with Crippen LogP contribution in [0, 0.1) is 0 Å². The van der Waals surface area contributed by atoms with Gasteiger partial charge < -0.3 is 25.3 Å². The van der Waals surface area contributed by atoms with Crippen LogP contribution in [0.4, 0.5) is 4.79 Å². The van der Waals surface area contributed by atoms with E-state index in [9.17, 15) is 19.2 Å². The lowest BCUT2D eigenvalue weighted by Crippen LogP contribution is -2.55. The molecule has 12 heteroatoms. The summed E-state index contributed by atoms with van der Waals surface area (Å²) < 4.78 is 0.659. The van der Waals surface area contributed by atoms with Crippen LogP contribution in [-0.2, 0) is 9.59 Å². The first kappa shape index (κ1) is 23.7. The highest BCUT2D eigenvalue weighted by atomic mass is 79.9. The Labute approximate surface area is 196 Å². The Bertz CT molecular complexity index is 1010.